The quantitative estimate of drug-likeness (QED) is 0.222. The maximum Gasteiger partial charge on any atom is 0.0280 e. The highest BCUT2D eigenvalue weighted by Crippen LogP contribution is 2.52. The van der Waals surface area contributed by atoms with E-state index in [0.29, 0.717) is 0 Å². The molecule has 1 heterocycles. The second-order valence-corrected chi connectivity index (χ2v) is 11.4. The summed E-state index contributed by atoms with van der Waals surface area (Å²) in [5.41, 5.74) is 10.1. The van der Waals surface area contributed by atoms with E-state index in [1.165, 1.54) is 64.1 Å². The van der Waals surface area contributed by atoms with Crippen LogP contribution >= 0.6 is 23.5 Å². The van der Waals surface area contributed by atoms with Crippen LogP contribution in [0.15, 0.2) is 165 Å². The topological polar surface area (TPSA) is 0 Å². The van der Waals surface area contributed by atoms with Gasteiger partial charge >= 0.3 is 0 Å². The van der Waals surface area contributed by atoms with Crippen molar-refractivity contribution in [2.45, 2.75) is 19.6 Å². The molecule has 0 bridgehead atoms. The van der Waals surface area contributed by atoms with Crippen LogP contribution in [-0.2, 0) is 0 Å². The second-order valence-electron chi connectivity index (χ2n) is 9.29. The molecule has 38 heavy (non-hydrogen) atoms. The minimum atomic E-state index is 1.23. The lowest BCUT2D eigenvalue weighted by Crippen LogP contribution is -1.96. The highest BCUT2D eigenvalue weighted by molar-refractivity contribution is 8.00. The summed E-state index contributed by atoms with van der Waals surface area (Å²) in [6.07, 6.45) is 0. The molecule has 7 rings (SSSR count). The number of fused-ring (bicyclic) bond motifs is 6. The van der Waals surface area contributed by atoms with Crippen molar-refractivity contribution in [3.63, 3.8) is 0 Å². The second kappa shape index (κ2) is 10.1. The fourth-order valence-corrected chi connectivity index (χ4v) is 7.60. The summed E-state index contributed by atoms with van der Waals surface area (Å²) in [5, 5.41) is 0. The lowest BCUT2D eigenvalue weighted by atomic mass is 9.92. The van der Waals surface area contributed by atoms with Gasteiger partial charge in [0.25, 0.3) is 0 Å². The van der Waals surface area contributed by atoms with E-state index in [0.717, 1.165) is 0 Å². The Morgan fingerprint density at radius 1 is 0.289 bits per heavy atom. The summed E-state index contributed by atoms with van der Waals surface area (Å²) in [4.78, 5) is 5.10. The average Bonchev–Trinajstić information content (AvgIpc) is 2.99. The van der Waals surface area contributed by atoms with E-state index >= 15 is 0 Å². The molecule has 0 radical (unpaired) electrons. The molecule has 0 aliphatic carbocycles. The van der Waals surface area contributed by atoms with Gasteiger partial charge in [0.15, 0.2) is 0 Å². The van der Waals surface area contributed by atoms with Crippen LogP contribution in [-0.4, -0.2) is 0 Å². The van der Waals surface area contributed by atoms with Crippen molar-refractivity contribution in [1.82, 2.24) is 0 Å². The first-order chi connectivity index (χ1) is 18.9. The zero-order valence-corrected chi connectivity index (χ0v) is 22.3. The minimum absolute atomic E-state index is 1.23. The van der Waals surface area contributed by atoms with Gasteiger partial charge in [0.1, 0.15) is 0 Å². The zero-order chi connectivity index (χ0) is 25.3. The molecule has 0 aromatic heterocycles. The molecule has 0 N–H and O–H groups in total. The third kappa shape index (κ3) is 4.16. The van der Waals surface area contributed by atoms with E-state index in [4.69, 9.17) is 0 Å². The van der Waals surface area contributed by atoms with Crippen molar-refractivity contribution in [1.29, 1.82) is 0 Å². The third-order valence-electron chi connectivity index (χ3n) is 6.98. The first kappa shape index (κ1) is 23.2. The van der Waals surface area contributed by atoms with Gasteiger partial charge in [-0.3, -0.25) is 0 Å². The summed E-state index contributed by atoms with van der Waals surface area (Å²) >= 11 is 3.75. The van der Waals surface area contributed by atoms with Crippen LogP contribution in [0, 0.1) is 0 Å². The molecule has 0 spiro atoms. The smallest absolute Gasteiger partial charge is 0.0280 e. The summed E-state index contributed by atoms with van der Waals surface area (Å²) in [6, 6.07) is 52.7. The monoisotopic (exact) mass is 520 g/mol. The Hall–Kier alpha value is -3.98. The van der Waals surface area contributed by atoms with E-state index in [9.17, 15) is 0 Å². The number of hydrogen-bond donors (Lipinski definition) is 0. The molecule has 6 aromatic carbocycles. The van der Waals surface area contributed by atoms with Crippen LogP contribution in [0.25, 0.3) is 44.5 Å². The van der Waals surface area contributed by atoms with Gasteiger partial charge in [-0.2, -0.15) is 0 Å². The Labute approximate surface area is 232 Å². The Morgan fingerprint density at radius 3 is 1.42 bits per heavy atom. The fourth-order valence-electron chi connectivity index (χ4n) is 5.23. The molecule has 180 valence electrons. The Balaban J connectivity index is 1.59. The first-order valence-corrected chi connectivity index (χ1v) is 14.4. The maximum atomic E-state index is 2.30. The first-order valence-electron chi connectivity index (χ1n) is 12.8. The number of hydrogen-bond acceptors (Lipinski definition) is 2. The van der Waals surface area contributed by atoms with Gasteiger partial charge in [0.05, 0.1) is 0 Å². The van der Waals surface area contributed by atoms with Crippen LogP contribution in [0.5, 0.6) is 0 Å². The summed E-state index contributed by atoms with van der Waals surface area (Å²) in [6.45, 7) is 0. The van der Waals surface area contributed by atoms with E-state index in [-0.39, 0.29) is 0 Å². The minimum Gasteiger partial charge on any atom is -0.0888 e. The molecule has 0 atom stereocenters. The van der Waals surface area contributed by atoms with Crippen LogP contribution < -0.4 is 0 Å². The van der Waals surface area contributed by atoms with Crippen LogP contribution in [0.3, 0.4) is 0 Å². The molecule has 0 amide bonds. The van der Waals surface area contributed by atoms with Crippen LogP contribution in [0.2, 0.25) is 0 Å². The molecule has 2 heteroatoms. The molecule has 1 aliphatic heterocycles. The third-order valence-corrected chi connectivity index (χ3v) is 9.33. The van der Waals surface area contributed by atoms with Crippen LogP contribution in [0.4, 0.5) is 0 Å². The molecular weight excluding hydrogens is 497 g/mol. The van der Waals surface area contributed by atoms with Gasteiger partial charge in [-0.15, -0.1) is 0 Å². The van der Waals surface area contributed by atoms with Gasteiger partial charge in [-0.1, -0.05) is 151 Å². The molecule has 0 saturated heterocycles. The summed E-state index contributed by atoms with van der Waals surface area (Å²) in [7, 11) is 0. The lowest BCUT2D eigenvalue weighted by molar-refractivity contribution is 1.32. The lowest BCUT2D eigenvalue weighted by Gasteiger charge is -2.23. The number of benzene rings is 6. The maximum absolute atomic E-state index is 2.30. The van der Waals surface area contributed by atoms with E-state index in [1.54, 1.807) is 0 Å². The van der Waals surface area contributed by atoms with Crippen molar-refractivity contribution in [2.24, 2.45) is 0 Å². The Kier molecular flexibility index (Phi) is 6.13. The molecule has 0 nitrogen and oxygen atoms in total. The SMILES string of the molecule is c1ccc(-c2cccc3c2Sc2ccccc2-c2ccccc2Sc2cccc(-c4ccccc4)c2-3)cc1. The molecule has 0 fully saturated rings. The molecule has 1 aliphatic rings. The van der Waals surface area contributed by atoms with Gasteiger partial charge in [-0.05, 0) is 57.1 Å². The Morgan fingerprint density at radius 2 is 0.737 bits per heavy atom. The van der Waals surface area contributed by atoms with Gasteiger partial charge in [0, 0.05) is 25.1 Å². The number of rotatable bonds is 2. The van der Waals surface area contributed by atoms with Gasteiger partial charge in [0.2, 0.25) is 0 Å². The highest BCUT2D eigenvalue weighted by atomic mass is 32.2. The summed E-state index contributed by atoms with van der Waals surface area (Å²) in [5.74, 6) is 0. The van der Waals surface area contributed by atoms with Gasteiger partial charge in [-0.25, -0.2) is 0 Å². The predicted octanol–water partition coefficient (Wildman–Crippen LogP) is 11.0. The van der Waals surface area contributed by atoms with Crippen molar-refractivity contribution < 1.29 is 0 Å². The van der Waals surface area contributed by atoms with Crippen molar-refractivity contribution >= 4 is 23.5 Å². The largest absolute Gasteiger partial charge is 0.0888 e. The van der Waals surface area contributed by atoms with Crippen molar-refractivity contribution in [2.75, 3.05) is 0 Å². The molecular formula is C36H24S2. The highest BCUT2D eigenvalue weighted by Gasteiger charge is 2.23. The summed E-state index contributed by atoms with van der Waals surface area (Å²) < 4.78 is 0. The van der Waals surface area contributed by atoms with E-state index < -0.39 is 0 Å². The normalized spacial score (nSPS) is 12.0. The average molecular weight is 521 g/mol. The van der Waals surface area contributed by atoms with Crippen molar-refractivity contribution in [3.8, 4) is 44.5 Å². The fraction of sp³-hybridized carbons (Fsp3) is 0. The zero-order valence-electron chi connectivity index (χ0n) is 20.7. The standard InChI is InChI=1S/C36H24S2/c1-3-13-25(14-4-1)27-19-12-24-34-35(27)31-21-11-20-28(26-15-5-2-6-16-26)36(31)38-33-23-10-8-18-30(33)29-17-7-9-22-32(29)37-34/h1-24H. The van der Waals surface area contributed by atoms with Gasteiger partial charge < -0.3 is 0 Å². The Bertz CT molecular complexity index is 1750. The van der Waals surface area contributed by atoms with E-state index in [2.05, 4.69) is 146 Å². The predicted molar refractivity (Wildman–Crippen MR) is 163 cm³/mol. The van der Waals surface area contributed by atoms with Crippen LogP contribution in [0.1, 0.15) is 0 Å². The molecule has 6 aromatic rings. The van der Waals surface area contributed by atoms with E-state index in [1.807, 2.05) is 23.5 Å². The molecule has 0 unspecified atom stereocenters. The molecule has 0 saturated carbocycles. The van der Waals surface area contributed by atoms with Crippen molar-refractivity contribution in [3.05, 3.63) is 146 Å².